The van der Waals surface area contributed by atoms with Crippen molar-refractivity contribution in [3.05, 3.63) is 0 Å². The third-order valence-corrected chi connectivity index (χ3v) is 3.01. The van der Waals surface area contributed by atoms with E-state index in [4.69, 9.17) is 5.73 Å². The summed E-state index contributed by atoms with van der Waals surface area (Å²) in [4.78, 5) is 0. The molecule has 0 spiro atoms. The van der Waals surface area contributed by atoms with Crippen molar-refractivity contribution in [3.8, 4) is 0 Å². The van der Waals surface area contributed by atoms with Gasteiger partial charge in [-0.05, 0) is 44.8 Å². The Morgan fingerprint density at radius 1 is 1.50 bits per heavy atom. The Bertz CT molecular complexity index is 128. The van der Waals surface area contributed by atoms with Gasteiger partial charge in [0.15, 0.2) is 0 Å². The lowest BCUT2D eigenvalue weighted by Crippen LogP contribution is -2.49. The fourth-order valence-corrected chi connectivity index (χ4v) is 2.03. The predicted molar refractivity (Wildman–Crippen MR) is 49.9 cm³/mol. The number of piperidine rings is 1. The van der Waals surface area contributed by atoms with Crippen LogP contribution in [0.1, 0.15) is 26.2 Å². The molecule has 1 unspecified atom stereocenters. The summed E-state index contributed by atoms with van der Waals surface area (Å²) in [5.74, 6) is 0.277. The van der Waals surface area contributed by atoms with Gasteiger partial charge in [-0.1, -0.05) is 6.92 Å². The molecule has 0 aromatic heterocycles. The normalized spacial score (nSPS) is 25.2. The Hall–Kier alpha value is -0.120. The summed E-state index contributed by atoms with van der Waals surface area (Å²) in [6, 6.07) is 0. The summed E-state index contributed by atoms with van der Waals surface area (Å²) in [5, 5.41) is 13.5. The van der Waals surface area contributed by atoms with Crippen LogP contribution >= 0.6 is 0 Å². The summed E-state index contributed by atoms with van der Waals surface area (Å²) in [6.45, 7) is 4.55. The second kappa shape index (κ2) is 4.21. The Morgan fingerprint density at radius 2 is 2.08 bits per heavy atom. The van der Waals surface area contributed by atoms with Crippen LogP contribution in [0, 0.1) is 5.92 Å². The van der Waals surface area contributed by atoms with Gasteiger partial charge in [0, 0.05) is 0 Å². The largest absolute Gasteiger partial charge is 0.389 e. The van der Waals surface area contributed by atoms with E-state index in [1.807, 2.05) is 0 Å². The topological polar surface area (TPSA) is 58.3 Å². The van der Waals surface area contributed by atoms with Crippen LogP contribution < -0.4 is 11.1 Å². The highest BCUT2D eigenvalue weighted by atomic mass is 16.3. The molecule has 0 aromatic rings. The molecule has 1 heterocycles. The minimum absolute atomic E-state index is 0.277. The Morgan fingerprint density at radius 3 is 2.50 bits per heavy atom. The van der Waals surface area contributed by atoms with Gasteiger partial charge in [0.25, 0.3) is 0 Å². The first-order valence-corrected chi connectivity index (χ1v) is 4.86. The Balaban J connectivity index is 2.53. The lowest BCUT2D eigenvalue weighted by atomic mass is 9.78. The first kappa shape index (κ1) is 9.96. The summed E-state index contributed by atoms with van der Waals surface area (Å²) >= 11 is 0. The quantitative estimate of drug-likeness (QED) is 0.565. The molecule has 1 aliphatic rings. The molecule has 0 saturated carbocycles. The van der Waals surface area contributed by atoms with Crippen molar-refractivity contribution in [1.29, 1.82) is 0 Å². The summed E-state index contributed by atoms with van der Waals surface area (Å²) in [7, 11) is 0. The number of nitrogens with one attached hydrogen (secondary N) is 1. The van der Waals surface area contributed by atoms with Crippen LogP contribution in [0.3, 0.4) is 0 Å². The van der Waals surface area contributed by atoms with E-state index in [1.165, 1.54) is 0 Å². The minimum atomic E-state index is -0.491. The first-order valence-electron chi connectivity index (χ1n) is 4.86. The molecular formula is C9H20N2O. The summed E-state index contributed by atoms with van der Waals surface area (Å²) < 4.78 is 0. The standard InChI is InChI=1S/C9H20N2O/c1-2-8(7-10)9(12)3-5-11-6-4-9/h8,11-12H,2-7,10H2,1H3. The number of rotatable bonds is 3. The molecule has 3 heteroatoms. The number of hydrogen-bond donors (Lipinski definition) is 3. The van der Waals surface area contributed by atoms with E-state index in [2.05, 4.69) is 12.2 Å². The second-order valence-corrected chi connectivity index (χ2v) is 3.69. The van der Waals surface area contributed by atoms with Crippen LogP contribution in [0.4, 0.5) is 0 Å². The van der Waals surface area contributed by atoms with E-state index < -0.39 is 5.60 Å². The average Bonchev–Trinajstić information content (AvgIpc) is 2.07. The zero-order valence-electron chi connectivity index (χ0n) is 7.84. The van der Waals surface area contributed by atoms with E-state index in [1.54, 1.807) is 0 Å². The van der Waals surface area contributed by atoms with Gasteiger partial charge in [0.1, 0.15) is 0 Å². The van der Waals surface area contributed by atoms with E-state index in [0.717, 1.165) is 32.4 Å². The van der Waals surface area contributed by atoms with E-state index in [9.17, 15) is 5.11 Å². The molecule has 0 aromatic carbocycles. The fourth-order valence-electron chi connectivity index (χ4n) is 2.03. The molecule has 1 saturated heterocycles. The van der Waals surface area contributed by atoms with E-state index in [-0.39, 0.29) is 5.92 Å². The number of aliphatic hydroxyl groups is 1. The highest BCUT2D eigenvalue weighted by Crippen LogP contribution is 2.28. The molecule has 72 valence electrons. The van der Waals surface area contributed by atoms with Crippen molar-refractivity contribution in [2.24, 2.45) is 11.7 Å². The van der Waals surface area contributed by atoms with Gasteiger partial charge in [-0.3, -0.25) is 0 Å². The van der Waals surface area contributed by atoms with Crippen molar-refractivity contribution in [2.45, 2.75) is 31.8 Å². The van der Waals surface area contributed by atoms with Crippen molar-refractivity contribution in [2.75, 3.05) is 19.6 Å². The molecule has 0 radical (unpaired) electrons. The van der Waals surface area contributed by atoms with Crippen LogP contribution in [-0.4, -0.2) is 30.3 Å². The van der Waals surface area contributed by atoms with Crippen LogP contribution in [0.5, 0.6) is 0 Å². The van der Waals surface area contributed by atoms with Crippen LogP contribution in [0.25, 0.3) is 0 Å². The van der Waals surface area contributed by atoms with Gasteiger partial charge in [0.2, 0.25) is 0 Å². The van der Waals surface area contributed by atoms with E-state index >= 15 is 0 Å². The molecule has 3 nitrogen and oxygen atoms in total. The molecule has 0 bridgehead atoms. The van der Waals surface area contributed by atoms with Gasteiger partial charge in [-0.25, -0.2) is 0 Å². The maximum atomic E-state index is 10.2. The number of hydrogen-bond acceptors (Lipinski definition) is 3. The average molecular weight is 172 g/mol. The summed E-state index contributed by atoms with van der Waals surface area (Å²) in [6.07, 6.45) is 2.68. The van der Waals surface area contributed by atoms with Gasteiger partial charge < -0.3 is 16.2 Å². The van der Waals surface area contributed by atoms with Crippen molar-refractivity contribution < 1.29 is 5.11 Å². The van der Waals surface area contributed by atoms with Crippen molar-refractivity contribution in [3.63, 3.8) is 0 Å². The van der Waals surface area contributed by atoms with Crippen LogP contribution in [-0.2, 0) is 0 Å². The second-order valence-electron chi connectivity index (χ2n) is 3.69. The van der Waals surface area contributed by atoms with Crippen LogP contribution in [0.2, 0.25) is 0 Å². The Kier molecular flexibility index (Phi) is 3.50. The number of nitrogens with two attached hydrogens (primary N) is 1. The van der Waals surface area contributed by atoms with Gasteiger partial charge >= 0.3 is 0 Å². The molecule has 12 heavy (non-hydrogen) atoms. The van der Waals surface area contributed by atoms with E-state index in [0.29, 0.717) is 6.54 Å². The summed E-state index contributed by atoms with van der Waals surface area (Å²) in [5.41, 5.74) is 5.13. The lowest BCUT2D eigenvalue weighted by molar-refractivity contribution is -0.0418. The SMILES string of the molecule is CCC(CN)C1(O)CCNCC1. The maximum Gasteiger partial charge on any atom is 0.0711 e. The van der Waals surface area contributed by atoms with Gasteiger partial charge in [-0.15, -0.1) is 0 Å². The predicted octanol–water partition coefficient (Wildman–Crippen LogP) is 0.0858. The first-order chi connectivity index (χ1) is 5.73. The lowest BCUT2D eigenvalue weighted by Gasteiger charge is -2.38. The Labute approximate surface area is 74.3 Å². The monoisotopic (exact) mass is 172 g/mol. The third kappa shape index (κ3) is 1.97. The highest BCUT2D eigenvalue weighted by molar-refractivity contribution is 4.90. The zero-order valence-corrected chi connectivity index (χ0v) is 7.84. The maximum absolute atomic E-state index is 10.2. The van der Waals surface area contributed by atoms with Gasteiger partial charge in [0.05, 0.1) is 5.60 Å². The highest BCUT2D eigenvalue weighted by Gasteiger charge is 2.35. The third-order valence-electron chi connectivity index (χ3n) is 3.01. The molecule has 0 aliphatic carbocycles. The molecule has 1 aliphatic heterocycles. The fraction of sp³-hybridized carbons (Fsp3) is 1.00. The van der Waals surface area contributed by atoms with Crippen LogP contribution in [0.15, 0.2) is 0 Å². The minimum Gasteiger partial charge on any atom is -0.389 e. The molecule has 1 rings (SSSR count). The van der Waals surface area contributed by atoms with Gasteiger partial charge in [-0.2, -0.15) is 0 Å². The zero-order chi connectivity index (χ0) is 9.03. The molecule has 4 N–H and O–H groups in total. The van der Waals surface area contributed by atoms with Crippen molar-refractivity contribution in [1.82, 2.24) is 5.32 Å². The molecule has 0 amide bonds. The molecule has 1 atom stereocenters. The molecule has 1 fully saturated rings. The molecular weight excluding hydrogens is 152 g/mol. The van der Waals surface area contributed by atoms with Crippen molar-refractivity contribution >= 4 is 0 Å². The smallest absolute Gasteiger partial charge is 0.0711 e.